The Balaban J connectivity index is 1.77. The number of rotatable bonds is 7. The quantitative estimate of drug-likeness (QED) is 0.744. The maximum atomic E-state index is 3.42. The van der Waals surface area contributed by atoms with E-state index in [0.717, 1.165) is 26.1 Å². The van der Waals surface area contributed by atoms with Crippen molar-refractivity contribution in [2.75, 3.05) is 6.54 Å². The normalized spacial score (nSPS) is 10.9. The summed E-state index contributed by atoms with van der Waals surface area (Å²) < 4.78 is 2.28. The van der Waals surface area contributed by atoms with Crippen molar-refractivity contribution in [1.82, 2.24) is 9.88 Å². The van der Waals surface area contributed by atoms with Gasteiger partial charge in [0, 0.05) is 30.4 Å². The summed E-state index contributed by atoms with van der Waals surface area (Å²) >= 11 is 1.84. The highest BCUT2D eigenvalue weighted by molar-refractivity contribution is 7.09. The maximum Gasteiger partial charge on any atom is 0.0268 e. The monoisotopic (exact) mass is 248 g/mol. The summed E-state index contributed by atoms with van der Waals surface area (Å²) in [5.41, 5.74) is 1.38. The molecule has 2 aromatic rings. The number of thiophene rings is 1. The summed E-state index contributed by atoms with van der Waals surface area (Å²) in [6, 6.07) is 6.53. The molecule has 0 saturated heterocycles. The van der Waals surface area contributed by atoms with E-state index in [4.69, 9.17) is 0 Å². The van der Waals surface area contributed by atoms with Crippen LogP contribution in [0, 0.1) is 0 Å². The van der Waals surface area contributed by atoms with Gasteiger partial charge in [-0.25, -0.2) is 0 Å². The number of hydrogen-bond donors (Lipinski definition) is 1. The lowest BCUT2D eigenvalue weighted by molar-refractivity contribution is 0.667. The zero-order chi connectivity index (χ0) is 11.9. The molecular formula is C14H20N2S. The van der Waals surface area contributed by atoms with Crippen LogP contribution in [0.4, 0.5) is 0 Å². The summed E-state index contributed by atoms with van der Waals surface area (Å²) in [6.45, 7) is 5.35. The van der Waals surface area contributed by atoms with Gasteiger partial charge in [0.15, 0.2) is 0 Å². The standard InChI is InChI=1S/C14H20N2S/c1-2-7-15-11-13-5-8-16(12-13)9-6-14-4-3-10-17-14/h3-5,8,10,12,15H,2,6-7,9,11H2,1H3. The van der Waals surface area contributed by atoms with Crippen LogP contribution in [-0.4, -0.2) is 11.1 Å². The molecule has 1 N–H and O–H groups in total. The molecule has 17 heavy (non-hydrogen) atoms. The molecule has 0 amide bonds. The highest BCUT2D eigenvalue weighted by Gasteiger charge is 1.98. The number of nitrogens with one attached hydrogen (secondary N) is 1. The molecular weight excluding hydrogens is 228 g/mol. The molecule has 0 unspecified atom stereocenters. The van der Waals surface area contributed by atoms with Crippen molar-refractivity contribution in [3.63, 3.8) is 0 Å². The molecule has 0 saturated carbocycles. The molecule has 2 heterocycles. The predicted octanol–water partition coefficient (Wildman–Crippen LogP) is 3.29. The Morgan fingerprint density at radius 2 is 2.29 bits per heavy atom. The molecule has 0 fully saturated rings. The zero-order valence-electron chi connectivity index (χ0n) is 10.4. The van der Waals surface area contributed by atoms with Crippen molar-refractivity contribution in [3.8, 4) is 0 Å². The Morgan fingerprint density at radius 1 is 1.35 bits per heavy atom. The molecule has 0 aliphatic carbocycles. The molecule has 0 aliphatic heterocycles. The van der Waals surface area contributed by atoms with E-state index in [0.29, 0.717) is 0 Å². The van der Waals surface area contributed by atoms with Crippen LogP contribution in [0.15, 0.2) is 36.0 Å². The minimum absolute atomic E-state index is 0.986. The largest absolute Gasteiger partial charge is 0.354 e. The third-order valence-electron chi connectivity index (χ3n) is 2.76. The van der Waals surface area contributed by atoms with E-state index >= 15 is 0 Å². The van der Waals surface area contributed by atoms with Crippen molar-refractivity contribution < 1.29 is 0 Å². The zero-order valence-corrected chi connectivity index (χ0v) is 11.2. The minimum atomic E-state index is 0.986. The minimum Gasteiger partial charge on any atom is -0.354 e. The van der Waals surface area contributed by atoms with Crippen LogP contribution in [0.2, 0.25) is 0 Å². The van der Waals surface area contributed by atoms with Crippen LogP contribution >= 0.6 is 11.3 Å². The number of aromatic nitrogens is 1. The summed E-state index contributed by atoms with van der Waals surface area (Å²) in [5, 5.41) is 5.57. The van der Waals surface area contributed by atoms with Crippen LogP contribution in [0.3, 0.4) is 0 Å². The fourth-order valence-corrected chi connectivity index (χ4v) is 2.54. The van der Waals surface area contributed by atoms with Crippen LogP contribution in [0.5, 0.6) is 0 Å². The fourth-order valence-electron chi connectivity index (χ4n) is 1.84. The maximum absolute atomic E-state index is 3.42. The van der Waals surface area contributed by atoms with E-state index in [1.807, 2.05) is 11.3 Å². The molecule has 0 spiro atoms. The highest BCUT2D eigenvalue weighted by atomic mass is 32.1. The third kappa shape index (κ3) is 4.02. The van der Waals surface area contributed by atoms with E-state index in [1.165, 1.54) is 16.9 Å². The molecule has 0 aliphatic rings. The number of nitrogens with zero attached hydrogens (tertiary/aromatic N) is 1. The molecule has 0 bridgehead atoms. The first-order valence-electron chi connectivity index (χ1n) is 6.26. The van der Waals surface area contributed by atoms with Crippen molar-refractivity contribution in [1.29, 1.82) is 0 Å². The van der Waals surface area contributed by atoms with Crippen molar-refractivity contribution >= 4 is 11.3 Å². The van der Waals surface area contributed by atoms with Gasteiger partial charge in [-0.15, -0.1) is 11.3 Å². The number of hydrogen-bond acceptors (Lipinski definition) is 2. The summed E-state index contributed by atoms with van der Waals surface area (Å²) in [5.74, 6) is 0. The number of aryl methyl sites for hydroxylation is 2. The molecule has 2 aromatic heterocycles. The van der Waals surface area contributed by atoms with Gasteiger partial charge < -0.3 is 9.88 Å². The van der Waals surface area contributed by atoms with Gasteiger partial charge in [-0.3, -0.25) is 0 Å². The van der Waals surface area contributed by atoms with E-state index < -0.39 is 0 Å². The van der Waals surface area contributed by atoms with Crippen LogP contribution in [0.25, 0.3) is 0 Å². The van der Waals surface area contributed by atoms with E-state index in [-0.39, 0.29) is 0 Å². The van der Waals surface area contributed by atoms with Gasteiger partial charge in [0.25, 0.3) is 0 Å². The van der Waals surface area contributed by atoms with Gasteiger partial charge in [0.05, 0.1) is 0 Å². The second-order valence-electron chi connectivity index (χ2n) is 4.26. The SMILES string of the molecule is CCCNCc1ccn(CCc2cccs2)c1. The molecule has 2 nitrogen and oxygen atoms in total. The summed E-state index contributed by atoms with van der Waals surface area (Å²) in [6.07, 6.45) is 6.75. The fraction of sp³-hybridized carbons (Fsp3) is 0.429. The molecule has 2 rings (SSSR count). The Hall–Kier alpha value is -1.06. The van der Waals surface area contributed by atoms with Gasteiger partial charge in [-0.2, -0.15) is 0 Å². The van der Waals surface area contributed by atoms with Crippen LogP contribution in [0.1, 0.15) is 23.8 Å². The lowest BCUT2D eigenvalue weighted by Gasteiger charge is -2.01. The topological polar surface area (TPSA) is 17.0 Å². The lowest BCUT2D eigenvalue weighted by atomic mass is 10.3. The Labute approximate surface area is 107 Å². The Kier molecular flexibility index (Phi) is 4.83. The van der Waals surface area contributed by atoms with Crippen LogP contribution in [-0.2, 0) is 19.5 Å². The summed E-state index contributed by atoms with van der Waals surface area (Å²) in [4.78, 5) is 1.46. The smallest absolute Gasteiger partial charge is 0.0268 e. The van der Waals surface area contributed by atoms with Gasteiger partial charge in [0.1, 0.15) is 0 Å². The van der Waals surface area contributed by atoms with Crippen LogP contribution < -0.4 is 5.32 Å². The molecule has 0 atom stereocenters. The second kappa shape index (κ2) is 6.62. The van der Waals surface area contributed by atoms with E-state index in [2.05, 4.69) is 52.8 Å². The first-order chi connectivity index (χ1) is 8.38. The Bertz CT molecular complexity index is 417. The average molecular weight is 248 g/mol. The van der Waals surface area contributed by atoms with Crippen molar-refractivity contribution in [3.05, 3.63) is 46.4 Å². The van der Waals surface area contributed by atoms with Gasteiger partial charge in [-0.1, -0.05) is 13.0 Å². The average Bonchev–Trinajstić information content (AvgIpc) is 2.98. The first kappa shape index (κ1) is 12.4. The first-order valence-corrected chi connectivity index (χ1v) is 7.14. The molecule has 3 heteroatoms. The van der Waals surface area contributed by atoms with Crippen molar-refractivity contribution in [2.45, 2.75) is 32.9 Å². The van der Waals surface area contributed by atoms with Crippen molar-refractivity contribution in [2.24, 2.45) is 0 Å². The summed E-state index contributed by atoms with van der Waals surface area (Å²) in [7, 11) is 0. The second-order valence-corrected chi connectivity index (χ2v) is 5.30. The highest BCUT2D eigenvalue weighted by Crippen LogP contribution is 2.11. The Morgan fingerprint density at radius 3 is 3.06 bits per heavy atom. The van der Waals surface area contributed by atoms with Gasteiger partial charge in [-0.05, 0) is 42.5 Å². The molecule has 92 valence electrons. The lowest BCUT2D eigenvalue weighted by Crippen LogP contribution is -2.13. The van der Waals surface area contributed by atoms with Gasteiger partial charge >= 0.3 is 0 Å². The molecule has 0 aromatic carbocycles. The third-order valence-corrected chi connectivity index (χ3v) is 3.70. The molecule has 0 radical (unpaired) electrons. The van der Waals surface area contributed by atoms with E-state index in [9.17, 15) is 0 Å². The van der Waals surface area contributed by atoms with E-state index in [1.54, 1.807) is 0 Å². The van der Waals surface area contributed by atoms with Gasteiger partial charge in [0.2, 0.25) is 0 Å². The predicted molar refractivity (Wildman–Crippen MR) is 74.5 cm³/mol.